The van der Waals surface area contributed by atoms with Crippen molar-refractivity contribution in [3.05, 3.63) is 70.6 Å². The summed E-state index contributed by atoms with van der Waals surface area (Å²) in [6.45, 7) is 5.11. The zero-order valence-corrected chi connectivity index (χ0v) is 23.8. The maximum Gasteiger partial charge on any atom is 0.322 e. The molecule has 0 unspecified atom stereocenters. The highest BCUT2D eigenvalue weighted by molar-refractivity contribution is 7.99. The molecule has 8 heteroatoms. The van der Waals surface area contributed by atoms with E-state index < -0.39 is 0 Å². The number of hydrogen-bond acceptors (Lipinski definition) is 5. The van der Waals surface area contributed by atoms with Crippen molar-refractivity contribution >= 4 is 57.8 Å². The lowest BCUT2D eigenvalue weighted by molar-refractivity contribution is 0.202. The number of aryl methyl sites for hydroxylation is 2. The molecule has 2 aromatic carbocycles. The number of rotatable bonds is 8. The van der Waals surface area contributed by atoms with E-state index in [1.807, 2.05) is 66.8 Å². The number of nitrogens with zero attached hydrogens (tertiary/aromatic N) is 2. The molecule has 5 nitrogen and oxygen atoms in total. The highest BCUT2D eigenvalue weighted by Crippen LogP contribution is 2.39. The Labute approximate surface area is 231 Å². The van der Waals surface area contributed by atoms with Gasteiger partial charge in [-0.15, -0.1) is 23.5 Å². The third-order valence-corrected chi connectivity index (χ3v) is 8.27. The Kier molecular flexibility index (Phi) is 7.75. The van der Waals surface area contributed by atoms with Crippen LogP contribution in [-0.4, -0.2) is 35.0 Å². The van der Waals surface area contributed by atoms with E-state index in [4.69, 9.17) is 16.0 Å². The molecule has 1 fully saturated rings. The molecule has 37 heavy (non-hydrogen) atoms. The fraction of sp³-hybridized carbons (Fsp3) is 0.310. The summed E-state index contributed by atoms with van der Waals surface area (Å²) in [6, 6.07) is 15.9. The van der Waals surface area contributed by atoms with Gasteiger partial charge in [-0.1, -0.05) is 35.4 Å². The summed E-state index contributed by atoms with van der Waals surface area (Å²) in [5.74, 6) is 1.29. The van der Waals surface area contributed by atoms with Gasteiger partial charge in [-0.2, -0.15) is 0 Å². The van der Waals surface area contributed by atoms with Crippen LogP contribution in [0.1, 0.15) is 29.9 Å². The van der Waals surface area contributed by atoms with E-state index in [9.17, 15) is 4.79 Å². The van der Waals surface area contributed by atoms with Gasteiger partial charge in [-0.3, -0.25) is 0 Å². The van der Waals surface area contributed by atoms with Crippen molar-refractivity contribution in [2.75, 3.05) is 24.4 Å². The summed E-state index contributed by atoms with van der Waals surface area (Å²) in [5.41, 5.74) is 5.71. The molecule has 2 aromatic heterocycles. The highest BCUT2D eigenvalue weighted by Gasteiger charge is 2.30. The predicted molar refractivity (Wildman–Crippen MR) is 156 cm³/mol. The monoisotopic (exact) mass is 551 g/mol. The number of amides is 2. The van der Waals surface area contributed by atoms with E-state index in [0.717, 1.165) is 67.6 Å². The number of pyridine rings is 1. The molecule has 1 aliphatic carbocycles. The minimum atomic E-state index is -0.137. The summed E-state index contributed by atoms with van der Waals surface area (Å²) in [6.07, 6.45) is 6.29. The average Bonchev–Trinajstić information content (AvgIpc) is 3.64. The molecular weight excluding hydrogens is 522 g/mol. The van der Waals surface area contributed by atoms with Crippen LogP contribution >= 0.6 is 35.1 Å². The zero-order chi connectivity index (χ0) is 26.1. The lowest BCUT2D eigenvalue weighted by Crippen LogP contribution is -2.36. The normalized spacial score (nSPS) is 13.2. The third kappa shape index (κ3) is 5.79. The zero-order valence-electron chi connectivity index (χ0n) is 21.4. The van der Waals surface area contributed by atoms with Gasteiger partial charge < -0.3 is 14.6 Å². The molecule has 0 atom stereocenters. The van der Waals surface area contributed by atoms with E-state index in [1.54, 1.807) is 23.5 Å². The first-order valence-corrected chi connectivity index (χ1v) is 15.1. The minimum Gasteiger partial charge on any atom is -0.459 e. The van der Waals surface area contributed by atoms with Crippen LogP contribution in [0.15, 0.2) is 62.9 Å². The molecule has 2 heterocycles. The molecule has 1 aliphatic rings. The van der Waals surface area contributed by atoms with Crippen LogP contribution in [0.25, 0.3) is 22.1 Å². The topological polar surface area (TPSA) is 58.4 Å². The molecule has 0 aliphatic heterocycles. The first-order valence-electron chi connectivity index (χ1n) is 12.3. The van der Waals surface area contributed by atoms with E-state index in [1.165, 1.54) is 0 Å². The van der Waals surface area contributed by atoms with Gasteiger partial charge in [0.1, 0.15) is 16.4 Å². The van der Waals surface area contributed by atoms with E-state index in [2.05, 4.69) is 23.3 Å². The first kappa shape index (κ1) is 26.0. The second-order valence-electron chi connectivity index (χ2n) is 9.51. The Bertz CT molecular complexity index is 1420. The van der Waals surface area contributed by atoms with Crippen molar-refractivity contribution in [2.45, 2.75) is 43.2 Å². The summed E-state index contributed by atoms with van der Waals surface area (Å²) >= 11 is 9.34. The van der Waals surface area contributed by atoms with Crippen molar-refractivity contribution in [1.82, 2.24) is 9.88 Å². The van der Waals surface area contributed by atoms with Crippen LogP contribution in [0.4, 0.5) is 10.5 Å². The first-order chi connectivity index (χ1) is 17.9. The number of benzene rings is 2. The number of carbonyl (C=O) groups excluding carboxylic acids is 1. The van der Waals surface area contributed by atoms with Crippen molar-refractivity contribution in [2.24, 2.45) is 5.92 Å². The average molecular weight is 552 g/mol. The van der Waals surface area contributed by atoms with Crippen LogP contribution in [0.2, 0.25) is 5.02 Å². The molecule has 0 spiro atoms. The maximum absolute atomic E-state index is 13.8. The van der Waals surface area contributed by atoms with Crippen molar-refractivity contribution < 1.29 is 9.21 Å². The SMILES string of the molecule is CSc1cc(C)nc(SC)c1NC(=O)N(Cc1oc2ccc(C)cc2c1-c1ccc(Cl)cc1)CC1CC1. The number of aromatic nitrogens is 1. The second kappa shape index (κ2) is 11.0. The molecule has 192 valence electrons. The van der Waals surface area contributed by atoms with E-state index >= 15 is 0 Å². The van der Waals surface area contributed by atoms with Gasteiger partial charge in [-0.05, 0) is 81.0 Å². The van der Waals surface area contributed by atoms with Gasteiger partial charge in [0, 0.05) is 33.1 Å². The van der Waals surface area contributed by atoms with Crippen LogP contribution in [0.3, 0.4) is 0 Å². The van der Waals surface area contributed by atoms with Crippen molar-refractivity contribution in [3.8, 4) is 11.1 Å². The quantitative estimate of drug-likeness (QED) is 0.222. The molecule has 0 saturated heterocycles. The smallest absolute Gasteiger partial charge is 0.322 e. The number of furan rings is 1. The molecule has 0 radical (unpaired) electrons. The van der Waals surface area contributed by atoms with Crippen LogP contribution < -0.4 is 5.32 Å². The van der Waals surface area contributed by atoms with Gasteiger partial charge >= 0.3 is 6.03 Å². The molecule has 1 N–H and O–H groups in total. The molecule has 5 rings (SSSR count). The van der Waals surface area contributed by atoms with Gasteiger partial charge in [-0.25, -0.2) is 9.78 Å². The number of halogens is 1. The molecule has 4 aromatic rings. The lowest BCUT2D eigenvalue weighted by Gasteiger charge is -2.24. The van der Waals surface area contributed by atoms with Crippen LogP contribution in [0, 0.1) is 19.8 Å². The van der Waals surface area contributed by atoms with Crippen LogP contribution in [0.5, 0.6) is 0 Å². The highest BCUT2D eigenvalue weighted by atomic mass is 35.5. The Hall–Kier alpha value is -2.61. The van der Waals surface area contributed by atoms with Gasteiger partial charge in [0.25, 0.3) is 0 Å². The van der Waals surface area contributed by atoms with E-state index in [-0.39, 0.29) is 6.03 Å². The Morgan fingerprint density at radius 2 is 1.86 bits per heavy atom. The Morgan fingerprint density at radius 3 is 2.54 bits per heavy atom. The molecule has 2 amide bonds. The van der Waals surface area contributed by atoms with Crippen LogP contribution in [-0.2, 0) is 6.54 Å². The van der Waals surface area contributed by atoms with E-state index in [0.29, 0.717) is 24.0 Å². The summed E-state index contributed by atoms with van der Waals surface area (Å²) in [5, 5.41) is 5.75. The molecule has 0 bridgehead atoms. The number of thioether (sulfide) groups is 2. The maximum atomic E-state index is 13.8. The van der Waals surface area contributed by atoms with Gasteiger partial charge in [0.05, 0.1) is 12.2 Å². The number of fused-ring (bicyclic) bond motifs is 1. The second-order valence-corrected chi connectivity index (χ2v) is 11.6. The largest absolute Gasteiger partial charge is 0.459 e. The number of hydrogen-bond donors (Lipinski definition) is 1. The Morgan fingerprint density at radius 1 is 1.11 bits per heavy atom. The number of anilines is 1. The summed E-state index contributed by atoms with van der Waals surface area (Å²) in [7, 11) is 0. The standard InChI is InChI=1S/C29H30ClN3O2S2/c1-17-5-12-23-22(13-17)26(20-8-10-21(30)11-9-20)24(35-23)16-33(15-19-6-7-19)29(34)32-27-25(36-3)14-18(2)31-28(27)37-4/h5,8-14,19H,6-7,15-16H2,1-4H3,(H,32,34). The molecular formula is C29H30ClN3O2S2. The predicted octanol–water partition coefficient (Wildman–Crippen LogP) is 8.65. The number of urea groups is 1. The number of nitrogens with one attached hydrogen (secondary N) is 1. The molecule has 1 saturated carbocycles. The summed E-state index contributed by atoms with van der Waals surface area (Å²) in [4.78, 5) is 21.3. The lowest BCUT2D eigenvalue weighted by atomic mass is 10.0. The van der Waals surface area contributed by atoms with Gasteiger partial charge in [0.15, 0.2) is 0 Å². The van der Waals surface area contributed by atoms with Crippen molar-refractivity contribution in [1.29, 1.82) is 0 Å². The fourth-order valence-electron chi connectivity index (χ4n) is 4.54. The minimum absolute atomic E-state index is 0.137. The fourth-order valence-corrected chi connectivity index (χ4v) is 5.97. The summed E-state index contributed by atoms with van der Waals surface area (Å²) < 4.78 is 6.40. The third-order valence-electron chi connectivity index (χ3n) is 6.57. The van der Waals surface area contributed by atoms with Gasteiger partial charge in [0.2, 0.25) is 0 Å². The number of carbonyl (C=O) groups is 1. The Balaban J connectivity index is 1.52. The van der Waals surface area contributed by atoms with Crippen molar-refractivity contribution in [3.63, 3.8) is 0 Å².